The number of carbonyl (C=O) groups excluding carboxylic acids is 2. The Morgan fingerprint density at radius 3 is 1.55 bits per heavy atom. The summed E-state index contributed by atoms with van der Waals surface area (Å²) in [5.41, 5.74) is 4.87. The van der Waals surface area contributed by atoms with E-state index in [2.05, 4.69) is 67.1 Å². The maximum atomic E-state index is 15.3. The molecule has 4 aromatic heterocycles. The van der Waals surface area contributed by atoms with Crippen molar-refractivity contribution in [1.29, 1.82) is 0 Å². The first-order chi connectivity index (χ1) is 37.7. The van der Waals surface area contributed by atoms with Crippen molar-refractivity contribution in [1.82, 2.24) is 49.5 Å². The number of nitrogens with one attached hydrogen (secondary N) is 2. The molecule has 1 aliphatic heterocycles. The van der Waals surface area contributed by atoms with E-state index in [1.54, 1.807) is 36.7 Å². The highest BCUT2D eigenvalue weighted by Gasteiger charge is 2.26. The number of ether oxygens (including phenoxy) is 4. The quantitative estimate of drug-likeness (QED) is 0.0833. The van der Waals surface area contributed by atoms with Gasteiger partial charge in [0.1, 0.15) is 16.8 Å². The molecule has 0 unspecified atom stereocenters. The molecule has 0 saturated carbocycles. The Bertz CT molecular complexity index is 3370. The number of anilines is 2. The van der Waals surface area contributed by atoms with Gasteiger partial charge in [0.2, 0.25) is 0 Å². The molecular formula is C57H61F3N12O6. The van der Waals surface area contributed by atoms with Crippen LogP contribution in [0.5, 0.6) is 23.0 Å². The van der Waals surface area contributed by atoms with Gasteiger partial charge in [-0.3, -0.25) is 49.3 Å². The second kappa shape index (κ2) is 25.6. The molecule has 8 aromatic rings. The summed E-state index contributed by atoms with van der Waals surface area (Å²) < 4.78 is 66.4. The Morgan fingerprint density at radius 1 is 0.551 bits per heavy atom. The van der Waals surface area contributed by atoms with Crippen LogP contribution in [0.25, 0.3) is 44.3 Å². The van der Waals surface area contributed by atoms with Crippen molar-refractivity contribution >= 4 is 45.3 Å². The van der Waals surface area contributed by atoms with Gasteiger partial charge in [-0.05, 0) is 70.2 Å². The van der Waals surface area contributed by atoms with Crippen LogP contribution in [0.4, 0.5) is 24.5 Å². The van der Waals surface area contributed by atoms with Crippen LogP contribution in [-0.2, 0) is 13.1 Å². The highest BCUT2D eigenvalue weighted by molar-refractivity contribution is 6.14. The van der Waals surface area contributed by atoms with E-state index in [0.717, 1.165) is 69.8 Å². The minimum atomic E-state index is -0.914. The van der Waals surface area contributed by atoms with Crippen molar-refractivity contribution in [2.45, 2.75) is 20.0 Å². The predicted octanol–water partition coefficient (Wildman–Crippen LogP) is 8.47. The fourth-order valence-electron chi connectivity index (χ4n) is 8.86. The van der Waals surface area contributed by atoms with Crippen molar-refractivity contribution in [3.63, 3.8) is 0 Å². The molecular weight excluding hydrogens is 1010 g/mol. The third-order valence-electron chi connectivity index (χ3n) is 13.2. The van der Waals surface area contributed by atoms with Crippen LogP contribution in [0, 0.1) is 17.5 Å². The Kier molecular flexibility index (Phi) is 18.4. The van der Waals surface area contributed by atoms with Crippen LogP contribution in [-0.4, -0.2) is 157 Å². The monoisotopic (exact) mass is 1070 g/mol. The number of hydrogen-bond donors (Lipinski definition) is 2. The van der Waals surface area contributed by atoms with Gasteiger partial charge in [0.05, 0.1) is 91.3 Å². The lowest BCUT2D eigenvalue weighted by molar-refractivity contribution is 0.102. The molecule has 78 heavy (non-hydrogen) atoms. The van der Waals surface area contributed by atoms with Gasteiger partial charge in [-0.2, -0.15) is 0 Å². The molecule has 0 radical (unpaired) electrons. The zero-order chi connectivity index (χ0) is 55.5. The predicted molar refractivity (Wildman–Crippen MR) is 293 cm³/mol. The summed E-state index contributed by atoms with van der Waals surface area (Å²) >= 11 is 0. The molecule has 0 atom stereocenters. The first-order valence-corrected chi connectivity index (χ1v) is 25.0. The average molecular weight is 1070 g/mol. The zero-order valence-electron chi connectivity index (χ0n) is 44.7. The molecule has 1 saturated heterocycles. The molecule has 1 fully saturated rings. The minimum Gasteiger partial charge on any atom is -0.497 e. The van der Waals surface area contributed by atoms with Gasteiger partial charge in [0.25, 0.3) is 11.8 Å². The Balaban J connectivity index is 0.000000206. The Hall–Kier alpha value is -8.37. The molecule has 0 bridgehead atoms. The van der Waals surface area contributed by atoms with E-state index in [1.165, 1.54) is 71.4 Å². The van der Waals surface area contributed by atoms with Gasteiger partial charge in [-0.25, -0.2) is 13.2 Å². The maximum absolute atomic E-state index is 15.3. The molecule has 406 valence electrons. The second-order valence-corrected chi connectivity index (χ2v) is 18.5. The van der Waals surface area contributed by atoms with E-state index in [-0.39, 0.29) is 56.4 Å². The Morgan fingerprint density at radius 2 is 1.05 bits per heavy atom. The van der Waals surface area contributed by atoms with Crippen molar-refractivity contribution in [3.8, 4) is 45.3 Å². The van der Waals surface area contributed by atoms with Crippen molar-refractivity contribution in [2.24, 2.45) is 0 Å². The van der Waals surface area contributed by atoms with E-state index < -0.39 is 23.4 Å². The van der Waals surface area contributed by atoms with E-state index >= 15 is 13.2 Å². The number of piperazine rings is 1. The molecule has 2 N–H and O–H groups in total. The summed E-state index contributed by atoms with van der Waals surface area (Å²) in [5, 5.41) is 5.71. The molecule has 1 aliphatic rings. The highest BCUT2D eigenvalue weighted by Crippen LogP contribution is 2.41. The first kappa shape index (κ1) is 55.9. The standard InChI is InChI=1S/C29H30F2N6O3.C28H31FN6O3/c1-4-36-11-13-37(14-12-36)17-19-6-5-18(16-34-19)35-29(38)21-8-7-20(27-28(21)33-10-9-32-27)24-25(30)22(39-2)15-23(40-3)26(24)31;1-34(2)12-13-35(3)17-19-7-6-18(16-32-19)33-28(36)22-9-8-21(26-27(22)31-11-10-30-26)23-14-20(37-4)15-24(38-5)25(23)29/h5-10,15-16H,4,11-14,17H2,1-3H3,(H,35,38);6-11,14-16H,12-13,17H2,1-5H3,(H,33,36). The fraction of sp³-hybridized carbons (Fsp3) is 0.298. The number of benzene rings is 4. The lowest BCUT2D eigenvalue weighted by atomic mass is 9.98. The summed E-state index contributed by atoms with van der Waals surface area (Å²) in [4.78, 5) is 62.0. The van der Waals surface area contributed by atoms with Gasteiger partial charge >= 0.3 is 0 Å². The number of rotatable bonds is 18. The van der Waals surface area contributed by atoms with E-state index in [1.807, 2.05) is 39.3 Å². The molecule has 0 aliphatic carbocycles. The third kappa shape index (κ3) is 12.9. The zero-order valence-corrected chi connectivity index (χ0v) is 44.7. The van der Waals surface area contributed by atoms with Crippen LogP contribution in [0.1, 0.15) is 39.0 Å². The van der Waals surface area contributed by atoms with Crippen LogP contribution >= 0.6 is 0 Å². The van der Waals surface area contributed by atoms with Crippen molar-refractivity contribution in [3.05, 3.63) is 144 Å². The number of amides is 2. The fourth-order valence-corrected chi connectivity index (χ4v) is 8.86. The van der Waals surface area contributed by atoms with Crippen LogP contribution < -0.4 is 29.6 Å². The van der Waals surface area contributed by atoms with Crippen LogP contribution in [0.2, 0.25) is 0 Å². The van der Waals surface area contributed by atoms with Gasteiger partial charge in [-0.15, -0.1) is 0 Å². The number of carbonyl (C=O) groups is 2. The topological polar surface area (TPSA) is 185 Å². The van der Waals surface area contributed by atoms with Crippen LogP contribution in [0.15, 0.2) is 104 Å². The lowest BCUT2D eigenvalue weighted by Crippen LogP contribution is -2.45. The van der Waals surface area contributed by atoms with E-state index in [0.29, 0.717) is 45.8 Å². The SMILES string of the molecule is CCN1CCN(Cc2ccc(NC(=O)c3ccc(-c4c(F)c(OC)cc(OC)c4F)c4nccnc34)cn2)CC1.COc1cc(OC)c(F)c(-c2ccc(C(=O)Nc3ccc(CN(C)CCN(C)C)nc3)c3nccnc23)c1. The molecule has 18 nitrogen and oxygen atoms in total. The van der Waals surface area contributed by atoms with Crippen LogP contribution in [0.3, 0.4) is 0 Å². The number of aromatic nitrogens is 6. The molecule has 5 heterocycles. The number of hydrogen-bond acceptors (Lipinski definition) is 16. The average Bonchev–Trinajstić information content (AvgIpc) is 3.50. The second-order valence-electron chi connectivity index (χ2n) is 18.5. The molecule has 0 spiro atoms. The van der Waals surface area contributed by atoms with Gasteiger partial charge in [0.15, 0.2) is 34.7 Å². The minimum absolute atomic E-state index is 0.0399. The molecule has 9 rings (SSSR count). The summed E-state index contributed by atoms with van der Waals surface area (Å²) in [7, 11) is 11.6. The maximum Gasteiger partial charge on any atom is 0.257 e. The molecule has 21 heteroatoms. The Labute approximate surface area is 450 Å². The molecule has 2 amide bonds. The summed E-state index contributed by atoms with van der Waals surface area (Å²) in [6.45, 7) is 10.6. The van der Waals surface area contributed by atoms with Crippen molar-refractivity contribution in [2.75, 3.05) is 106 Å². The van der Waals surface area contributed by atoms with Gasteiger partial charge in [0, 0.05) is 106 Å². The number of fused-ring (bicyclic) bond motifs is 2. The number of likely N-dealkylation sites (N-methyl/N-ethyl adjacent to an activating group) is 3. The van der Waals surface area contributed by atoms with E-state index in [4.69, 9.17) is 18.9 Å². The lowest BCUT2D eigenvalue weighted by Gasteiger charge is -2.33. The number of pyridine rings is 2. The molecule has 4 aromatic carbocycles. The van der Waals surface area contributed by atoms with Crippen molar-refractivity contribution < 1.29 is 41.7 Å². The summed E-state index contributed by atoms with van der Waals surface area (Å²) in [6.07, 6.45) is 9.05. The first-order valence-electron chi connectivity index (χ1n) is 25.0. The third-order valence-corrected chi connectivity index (χ3v) is 13.2. The smallest absolute Gasteiger partial charge is 0.257 e. The highest BCUT2D eigenvalue weighted by atomic mass is 19.1. The number of halogens is 3. The normalized spacial score (nSPS) is 12.8. The van der Waals surface area contributed by atoms with Gasteiger partial charge < -0.3 is 39.4 Å². The van der Waals surface area contributed by atoms with E-state index in [9.17, 15) is 9.59 Å². The number of methoxy groups -OCH3 is 4. The number of nitrogens with zero attached hydrogens (tertiary/aromatic N) is 10. The summed E-state index contributed by atoms with van der Waals surface area (Å²) in [5.74, 6) is -3.12. The summed E-state index contributed by atoms with van der Waals surface area (Å²) in [6, 6.07) is 17.7. The van der Waals surface area contributed by atoms with Gasteiger partial charge in [-0.1, -0.05) is 19.1 Å². The largest absolute Gasteiger partial charge is 0.497 e.